The zero-order valence-electron chi connectivity index (χ0n) is 19.9. The van der Waals surface area contributed by atoms with Crippen LogP contribution in [0.25, 0.3) is 0 Å². The average Bonchev–Trinajstić information content (AvgIpc) is 2.82. The number of likely N-dealkylation sites (tertiary alicyclic amines) is 1. The van der Waals surface area contributed by atoms with Crippen LogP contribution in [-0.4, -0.2) is 53.7 Å². The number of nitrogens with zero attached hydrogens (tertiary/aromatic N) is 1. The van der Waals surface area contributed by atoms with Crippen molar-refractivity contribution >= 4 is 23.4 Å². The van der Waals surface area contributed by atoms with E-state index in [-0.39, 0.29) is 18.2 Å². The van der Waals surface area contributed by atoms with Gasteiger partial charge in [0.25, 0.3) is 5.91 Å². The summed E-state index contributed by atoms with van der Waals surface area (Å²) >= 11 is 6.04. The van der Waals surface area contributed by atoms with Gasteiger partial charge in [-0.05, 0) is 49.1 Å². The predicted molar refractivity (Wildman–Crippen MR) is 132 cm³/mol. The van der Waals surface area contributed by atoms with Gasteiger partial charge in [0.1, 0.15) is 0 Å². The molecule has 2 aliphatic rings. The lowest BCUT2D eigenvalue weighted by molar-refractivity contribution is -0.155. The van der Waals surface area contributed by atoms with Crippen molar-refractivity contribution in [1.82, 2.24) is 10.2 Å². The summed E-state index contributed by atoms with van der Waals surface area (Å²) in [7, 11) is 0. The second-order valence-corrected chi connectivity index (χ2v) is 10.6. The van der Waals surface area contributed by atoms with Gasteiger partial charge in [0.15, 0.2) is 0 Å². The normalized spacial score (nSPS) is 23.8. The molecule has 2 saturated heterocycles. The Morgan fingerprint density at radius 1 is 1.03 bits per heavy atom. The zero-order valence-corrected chi connectivity index (χ0v) is 20.6. The third-order valence-electron chi connectivity index (χ3n) is 7.48. The topological polar surface area (TPSA) is 78.9 Å². The third kappa shape index (κ3) is 4.99. The Bertz CT molecular complexity index is 1020. The molecule has 182 valence electrons. The summed E-state index contributed by atoms with van der Waals surface area (Å²) in [4.78, 5) is 28.3. The first-order chi connectivity index (χ1) is 16.1. The van der Waals surface area contributed by atoms with Gasteiger partial charge < -0.3 is 20.1 Å². The lowest BCUT2D eigenvalue weighted by Crippen LogP contribution is -2.59. The van der Waals surface area contributed by atoms with Crippen molar-refractivity contribution in [2.75, 3.05) is 26.3 Å². The fourth-order valence-corrected chi connectivity index (χ4v) is 5.33. The standard InChI is InChI=1S/C27H33ClN2O4/c1-25(2)19-30(15-12-27(25,33)21-8-10-22(28)11-9-21)23(31)18-26(13-16-34-17-14-26)29-24(32)20-6-4-3-5-7-20/h3-11,33H,12-19H2,1-2H3,(H,29,32). The van der Waals surface area contributed by atoms with Crippen molar-refractivity contribution in [2.45, 2.75) is 50.7 Å². The van der Waals surface area contributed by atoms with E-state index in [0.29, 0.717) is 56.2 Å². The van der Waals surface area contributed by atoms with E-state index in [4.69, 9.17) is 16.3 Å². The number of nitrogens with one attached hydrogen (secondary N) is 1. The molecule has 2 aromatic rings. The molecule has 7 heteroatoms. The molecule has 0 saturated carbocycles. The quantitative estimate of drug-likeness (QED) is 0.668. The Morgan fingerprint density at radius 2 is 1.68 bits per heavy atom. The molecule has 0 spiro atoms. The van der Waals surface area contributed by atoms with Crippen molar-refractivity contribution in [3.05, 3.63) is 70.7 Å². The number of aliphatic hydroxyl groups is 1. The zero-order chi connectivity index (χ0) is 24.4. The van der Waals surface area contributed by atoms with Gasteiger partial charge in [-0.3, -0.25) is 9.59 Å². The molecule has 0 bridgehead atoms. The maximum atomic E-state index is 13.5. The minimum atomic E-state index is -1.06. The summed E-state index contributed by atoms with van der Waals surface area (Å²) in [6.45, 7) is 5.85. The molecule has 34 heavy (non-hydrogen) atoms. The molecule has 0 aromatic heterocycles. The average molecular weight is 485 g/mol. The molecular formula is C27H33ClN2O4. The van der Waals surface area contributed by atoms with Crippen LogP contribution in [0.5, 0.6) is 0 Å². The fourth-order valence-electron chi connectivity index (χ4n) is 5.21. The van der Waals surface area contributed by atoms with Crippen molar-refractivity contribution < 1.29 is 19.4 Å². The predicted octanol–water partition coefficient (Wildman–Crippen LogP) is 4.16. The molecule has 2 N–H and O–H groups in total. The van der Waals surface area contributed by atoms with Crippen molar-refractivity contribution in [2.24, 2.45) is 5.41 Å². The van der Waals surface area contributed by atoms with Crippen LogP contribution < -0.4 is 5.32 Å². The second kappa shape index (κ2) is 9.68. The molecule has 2 fully saturated rings. The summed E-state index contributed by atoms with van der Waals surface area (Å²) < 4.78 is 5.54. The largest absolute Gasteiger partial charge is 0.384 e. The van der Waals surface area contributed by atoms with Gasteiger partial charge in [-0.15, -0.1) is 0 Å². The molecular weight excluding hydrogens is 452 g/mol. The molecule has 2 heterocycles. The van der Waals surface area contributed by atoms with E-state index in [0.717, 1.165) is 5.56 Å². The Kier molecular flexibility index (Phi) is 7.04. The number of piperidine rings is 1. The Balaban J connectivity index is 1.48. The Hall–Kier alpha value is -2.41. The minimum Gasteiger partial charge on any atom is -0.384 e. The Morgan fingerprint density at radius 3 is 2.29 bits per heavy atom. The highest BCUT2D eigenvalue weighted by Crippen LogP contribution is 2.46. The first kappa shape index (κ1) is 24.7. The molecule has 4 rings (SSSR count). The van der Waals surface area contributed by atoms with Gasteiger partial charge in [0.2, 0.25) is 5.91 Å². The van der Waals surface area contributed by atoms with E-state index in [1.165, 1.54) is 0 Å². The summed E-state index contributed by atoms with van der Waals surface area (Å²) in [5, 5.41) is 15.4. The number of ether oxygens (including phenoxy) is 1. The molecule has 0 aliphatic carbocycles. The first-order valence-corrected chi connectivity index (χ1v) is 12.2. The molecule has 2 aromatic carbocycles. The van der Waals surface area contributed by atoms with Crippen LogP contribution >= 0.6 is 11.6 Å². The van der Waals surface area contributed by atoms with Crippen LogP contribution in [0.1, 0.15) is 55.5 Å². The van der Waals surface area contributed by atoms with Gasteiger partial charge in [-0.25, -0.2) is 0 Å². The van der Waals surface area contributed by atoms with Crippen molar-refractivity contribution in [3.63, 3.8) is 0 Å². The van der Waals surface area contributed by atoms with E-state index in [2.05, 4.69) is 5.32 Å². The molecule has 2 amide bonds. The molecule has 6 nitrogen and oxygen atoms in total. The molecule has 1 unspecified atom stereocenters. The summed E-state index contributed by atoms with van der Waals surface area (Å²) in [5.41, 5.74) is -0.883. The van der Waals surface area contributed by atoms with Crippen molar-refractivity contribution in [3.8, 4) is 0 Å². The van der Waals surface area contributed by atoms with E-state index in [1.54, 1.807) is 24.3 Å². The van der Waals surface area contributed by atoms with E-state index < -0.39 is 16.6 Å². The monoisotopic (exact) mass is 484 g/mol. The lowest BCUT2D eigenvalue weighted by atomic mass is 9.66. The number of hydrogen-bond acceptors (Lipinski definition) is 4. The maximum absolute atomic E-state index is 13.5. The number of rotatable bonds is 5. The summed E-state index contributed by atoms with van der Waals surface area (Å²) in [6, 6.07) is 16.4. The minimum absolute atomic E-state index is 0.0125. The van der Waals surface area contributed by atoms with E-state index in [1.807, 2.05) is 49.1 Å². The number of hydrogen-bond donors (Lipinski definition) is 2. The van der Waals surface area contributed by atoms with E-state index in [9.17, 15) is 14.7 Å². The first-order valence-electron chi connectivity index (χ1n) is 11.9. The van der Waals surface area contributed by atoms with Crippen LogP contribution in [0.15, 0.2) is 54.6 Å². The molecule has 0 radical (unpaired) electrons. The highest BCUT2D eigenvalue weighted by atomic mass is 35.5. The molecule has 1 atom stereocenters. The summed E-state index contributed by atoms with van der Waals surface area (Å²) in [6.07, 6.45) is 1.82. The van der Waals surface area contributed by atoms with Gasteiger partial charge in [-0.2, -0.15) is 0 Å². The second-order valence-electron chi connectivity index (χ2n) is 10.2. The maximum Gasteiger partial charge on any atom is 0.251 e. The number of carbonyl (C=O) groups excluding carboxylic acids is 2. The van der Waals surface area contributed by atoms with Crippen LogP contribution in [0.3, 0.4) is 0 Å². The molecule has 2 aliphatic heterocycles. The Labute approximate surface area is 206 Å². The summed E-state index contributed by atoms with van der Waals surface area (Å²) in [5.74, 6) is -0.187. The SMILES string of the molecule is CC1(C)CN(C(=O)CC2(NC(=O)c3ccccc3)CCOCC2)CCC1(O)c1ccc(Cl)cc1. The number of amides is 2. The van der Waals surface area contributed by atoms with Crippen LogP contribution in [0, 0.1) is 5.41 Å². The number of carbonyl (C=O) groups is 2. The third-order valence-corrected chi connectivity index (χ3v) is 7.73. The van der Waals surface area contributed by atoms with Gasteiger partial charge in [0.05, 0.1) is 17.6 Å². The highest BCUT2D eigenvalue weighted by Gasteiger charge is 2.50. The van der Waals surface area contributed by atoms with Crippen LogP contribution in [0.4, 0.5) is 0 Å². The number of halogens is 1. The van der Waals surface area contributed by atoms with Gasteiger partial charge >= 0.3 is 0 Å². The van der Waals surface area contributed by atoms with Crippen LogP contribution in [0.2, 0.25) is 5.02 Å². The smallest absolute Gasteiger partial charge is 0.251 e. The lowest BCUT2D eigenvalue weighted by Gasteiger charge is -2.51. The number of benzene rings is 2. The fraction of sp³-hybridized carbons (Fsp3) is 0.481. The van der Waals surface area contributed by atoms with Crippen molar-refractivity contribution in [1.29, 1.82) is 0 Å². The van der Waals surface area contributed by atoms with Gasteiger partial charge in [-0.1, -0.05) is 55.8 Å². The highest BCUT2D eigenvalue weighted by molar-refractivity contribution is 6.30. The van der Waals surface area contributed by atoms with Gasteiger partial charge in [0, 0.05) is 42.3 Å². The van der Waals surface area contributed by atoms with Crippen LogP contribution in [-0.2, 0) is 15.1 Å². The van der Waals surface area contributed by atoms with E-state index >= 15 is 0 Å².